The van der Waals surface area contributed by atoms with Crippen LogP contribution in [0.1, 0.15) is 25.7 Å². The molecule has 9 rings (SSSR count). The SMILES string of the molecule is c1ccc(N(c2ccccc2)c2ccc(-c3ccc(N(c4ccc(-c5ccc(N(c6ccccc6)c6ccccc6)cc5)cc4)C4CCCC4)cc3)cc2)cc1. The van der Waals surface area contributed by atoms with Crippen LogP contribution in [-0.2, 0) is 0 Å². The standard InChI is InChI=1S/C53H45N3/c1-5-15-45(16-6-1)54(46-17-7-2-8-18-46)50-33-25-41(26-34-50)43-29-37-52(38-30-43)56(49-23-13-14-24-49)53-39-31-44(32-40-53)42-27-35-51(36-28-42)55(47-19-9-3-10-20-47)48-21-11-4-12-22-48/h1-12,15-22,25-40,49H,13-14,23-24H2. The van der Waals surface area contributed by atoms with Gasteiger partial charge in [-0.05, 0) is 132 Å². The predicted octanol–water partition coefficient (Wildman–Crippen LogP) is 15.0. The normalized spacial score (nSPS) is 12.6. The molecular formula is C53H45N3. The Balaban J connectivity index is 0.951. The fourth-order valence-electron chi connectivity index (χ4n) is 8.17. The van der Waals surface area contributed by atoms with Gasteiger partial charge in [0, 0.05) is 51.5 Å². The van der Waals surface area contributed by atoms with Crippen LogP contribution in [0.25, 0.3) is 22.3 Å². The third-order valence-electron chi connectivity index (χ3n) is 11.0. The highest BCUT2D eigenvalue weighted by molar-refractivity contribution is 5.80. The summed E-state index contributed by atoms with van der Waals surface area (Å²) in [7, 11) is 0. The average Bonchev–Trinajstić information content (AvgIpc) is 3.81. The van der Waals surface area contributed by atoms with E-state index in [0.29, 0.717) is 6.04 Å². The fraction of sp³-hybridized carbons (Fsp3) is 0.0943. The van der Waals surface area contributed by atoms with Gasteiger partial charge < -0.3 is 14.7 Å². The average molecular weight is 724 g/mol. The molecule has 8 aromatic rings. The van der Waals surface area contributed by atoms with E-state index >= 15 is 0 Å². The summed E-state index contributed by atoms with van der Waals surface area (Å²) in [4.78, 5) is 7.18. The van der Waals surface area contributed by atoms with E-state index < -0.39 is 0 Å². The molecule has 1 saturated carbocycles. The van der Waals surface area contributed by atoms with Gasteiger partial charge in [-0.25, -0.2) is 0 Å². The summed E-state index contributed by atoms with van der Waals surface area (Å²) in [5.41, 5.74) is 14.2. The Morgan fingerprint density at radius 3 is 0.750 bits per heavy atom. The van der Waals surface area contributed by atoms with Gasteiger partial charge in [0.1, 0.15) is 0 Å². The van der Waals surface area contributed by atoms with Crippen molar-refractivity contribution in [1.82, 2.24) is 0 Å². The van der Waals surface area contributed by atoms with E-state index in [0.717, 1.165) is 34.1 Å². The molecule has 0 amide bonds. The van der Waals surface area contributed by atoms with E-state index in [2.05, 4.69) is 233 Å². The van der Waals surface area contributed by atoms with Crippen LogP contribution in [-0.4, -0.2) is 6.04 Å². The first kappa shape index (κ1) is 34.9. The van der Waals surface area contributed by atoms with Crippen molar-refractivity contribution >= 4 is 45.5 Å². The molecule has 0 N–H and O–H groups in total. The molecule has 0 radical (unpaired) electrons. The molecular weight excluding hydrogens is 679 g/mol. The molecule has 1 aliphatic carbocycles. The first-order valence-electron chi connectivity index (χ1n) is 19.8. The lowest BCUT2D eigenvalue weighted by Crippen LogP contribution is -2.28. The molecule has 0 unspecified atom stereocenters. The molecule has 272 valence electrons. The zero-order chi connectivity index (χ0) is 37.5. The molecule has 3 nitrogen and oxygen atoms in total. The lowest BCUT2D eigenvalue weighted by atomic mass is 10.0. The summed E-state index contributed by atoms with van der Waals surface area (Å²) in [5.74, 6) is 0. The van der Waals surface area contributed by atoms with Gasteiger partial charge in [0.15, 0.2) is 0 Å². The summed E-state index contributed by atoms with van der Waals surface area (Å²) in [6.07, 6.45) is 4.99. The molecule has 0 spiro atoms. The topological polar surface area (TPSA) is 9.72 Å². The second-order valence-electron chi connectivity index (χ2n) is 14.5. The minimum absolute atomic E-state index is 0.495. The molecule has 1 fully saturated rings. The van der Waals surface area contributed by atoms with Crippen LogP contribution in [0, 0.1) is 0 Å². The second-order valence-corrected chi connectivity index (χ2v) is 14.5. The molecule has 0 atom stereocenters. The van der Waals surface area contributed by atoms with E-state index in [4.69, 9.17) is 0 Å². The number of para-hydroxylation sites is 4. The Bertz CT molecular complexity index is 2180. The second kappa shape index (κ2) is 16.3. The molecule has 0 heterocycles. The van der Waals surface area contributed by atoms with Crippen molar-refractivity contribution in [2.75, 3.05) is 14.7 Å². The summed E-state index contributed by atoms with van der Waals surface area (Å²) < 4.78 is 0. The zero-order valence-corrected chi connectivity index (χ0v) is 31.5. The Morgan fingerprint density at radius 2 is 0.482 bits per heavy atom. The van der Waals surface area contributed by atoms with Crippen molar-refractivity contribution in [3.63, 3.8) is 0 Å². The predicted molar refractivity (Wildman–Crippen MR) is 238 cm³/mol. The molecule has 56 heavy (non-hydrogen) atoms. The fourth-order valence-corrected chi connectivity index (χ4v) is 8.17. The van der Waals surface area contributed by atoms with Gasteiger partial charge in [-0.15, -0.1) is 0 Å². The first-order chi connectivity index (χ1) is 27.8. The van der Waals surface area contributed by atoms with Crippen molar-refractivity contribution in [3.8, 4) is 22.3 Å². The van der Waals surface area contributed by atoms with Gasteiger partial charge in [-0.2, -0.15) is 0 Å². The van der Waals surface area contributed by atoms with Gasteiger partial charge in [0.2, 0.25) is 0 Å². The molecule has 3 heteroatoms. The monoisotopic (exact) mass is 723 g/mol. The molecule has 8 aromatic carbocycles. The lowest BCUT2D eigenvalue weighted by Gasteiger charge is -2.32. The third kappa shape index (κ3) is 7.45. The van der Waals surface area contributed by atoms with Gasteiger partial charge in [-0.3, -0.25) is 0 Å². The number of benzene rings is 8. The maximum absolute atomic E-state index is 2.57. The number of hydrogen-bond acceptors (Lipinski definition) is 3. The van der Waals surface area contributed by atoms with Crippen LogP contribution in [0.15, 0.2) is 218 Å². The van der Waals surface area contributed by atoms with Crippen molar-refractivity contribution in [3.05, 3.63) is 218 Å². The number of rotatable bonds is 11. The van der Waals surface area contributed by atoms with Gasteiger partial charge in [0.25, 0.3) is 0 Å². The lowest BCUT2D eigenvalue weighted by molar-refractivity contribution is 0.678. The summed E-state index contributed by atoms with van der Waals surface area (Å²) in [6.45, 7) is 0. The summed E-state index contributed by atoms with van der Waals surface area (Å²) in [5, 5.41) is 0. The van der Waals surface area contributed by atoms with E-state index in [1.54, 1.807) is 0 Å². The van der Waals surface area contributed by atoms with E-state index in [1.807, 2.05) is 0 Å². The van der Waals surface area contributed by atoms with E-state index in [9.17, 15) is 0 Å². The Hall–Kier alpha value is -6.84. The smallest absolute Gasteiger partial charge is 0.0462 e. The van der Waals surface area contributed by atoms with E-state index in [-0.39, 0.29) is 0 Å². The Morgan fingerprint density at radius 1 is 0.250 bits per heavy atom. The molecule has 0 saturated heterocycles. The molecule has 0 aromatic heterocycles. The third-order valence-corrected chi connectivity index (χ3v) is 11.0. The first-order valence-corrected chi connectivity index (χ1v) is 19.8. The van der Waals surface area contributed by atoms with Crippen LogP contribution >= 0.6 is 0 Å². The summed E-state index contributed by atoms with van der Waals surface area (Å²) >= 11 is 0. The molecule has 0 aliphatic heterocycles. The Kier molecular flexibility index (Phi) is 10.1. The Labute approximate surface area is 331 Å². The maximum Gasteiger partial charge on any atom is 0.0462 e. The minimum atomic E-state index is 0.495. The van der Waals surface area contributed by atoms with Gasteiger partial charge in [0.05, 0.1) is 0 Å². The number of nitrogens with zero attached hydrogens (tertiary/aromatic N) is 3. The van der Waals surface area contributed by atoms with Gasteiger partial charge >= 0.3 is 0 Å². The zero-order valence-electron chi connectivity index (χ0n) is 31.5. The van der Waals surface area contributed by atoms with Crippen LogP contribution in [0.3, 0.4) is 0 Å². The number of hydrogen-bond donors (Lipinski definition) is 0. The molecule has 1 aliphatic rings. The number of anilines is 8. The van der Waals surface area contributed by atoms with Crippen LogP contribution < -0.4 is 14.7 Å². The van der Waals surface area contributed by atoms with Crippen molar-refractivity contribution in [2.45, 2.75) is 31.7 Å². The van der Waals surface area contributed by atoms with Crippen molar-refractivity contribution < 1.29 is 0 Å². The molecule has 0 bridgehead atoms. The summed E-state index contributed by atoms with van der Waals surface area (Å²) in [6, 6.07) is 79.0. The maximum atomic E-state index is 2.57. The van der Waals surface area contributed by atoms with Crippen LogP contribution in [0.5, 0.6) is 0 Å². The van der Waals surface area contributed by atoms with Crippen LogP contribution in [0.4, 0.5) is 45.5 Å². The highest BCUT2D eigenvalue weighted by atomic mass is 15.2. The minimum Gasteiger partial charge on any atom is -0.338 e. The van der Waals surface area contributed by atoms with Gasteiger partial charge in [-0.1, -0.05) is 134 Å². The highest BCUT2D eigenvalue weighted by Gasteiger charge is 2.25. The van der Waals surface area contributed by atoms with Crippen molar-refractivity contribution in [2.24, 2.45) is 0 Å². The van der Waals surface area contributed by atoms with Crippen LogP contribution in [0.2, 0.25) is 0 Å². The van der Waals surface area contributed by atoms with Crippen molar-refractivity contribution in [1.29, 1.82) is 0 Å². The largest absolute Gasteiger partial charge is 0.338 e. The quantitative estimate of drug-likeness (QED) is 0.132. The van der Waals surface area contributed by atoms with E-state index in [1.165, 1.54) is 59.3 Å². The highest BCUT2D eigenvalue weighted by Crippen LogP contribution is 2.40.